The van der Waals surface area contributed by atoms with Crippen LogP contribution in [-0.4, -0.2) is 26.1 Å². The standard InChI is InChI=1S/C20H24N2O2/c1-24-19-9-5-3-7-16(19)10-11-20(23)22-14-18-17-8-4-2-6-15(17)12-13-21-18/h2-9,18,21H,10-14H2,1H3,(H,22,23). The summed E-state index contributed by atoms with van der Waals surface area (Å²) in [5.74, 6) is 0.916. The molecule has 0 aliphatic carbocycles. The number of carbonyl (C=O) groups is 1. The molecule has 1 aliphatic heterocycles. The van der Waals surface area contributed by atoms with E-state index in [2.05, 4.69) is 34.9 Å². The molecule has 0 radical (unpaired) electrons. The molecule has 0 aromatic heterocycles. The zero-order chi connectivity index (χ0) is 16.8. The fraction of sp³-hybridized carbons (Fsp3) is 0.350. The van der Waals surface area contributed by atoms with Gasteiger partial charge in [0, 0.05) is 19.0 Å². The van der Waals surface area contributed by atoms with Gasteiger partial charge in [-0.1, -0.05) is 42.5 Å². The van der Waals surface area contributed by atoms with Crippen molar-refractivity contribution in [3.8, 4) is 5.75 Å². The van der Waals surface area contributed by atoms with Crippen molar-refractivity contribution in [1.29, 1.82) is 0 Å². The van der Waals surface area contributed by atoms with Gasteiger partial charge in [-0.3, -0.25) is 4.79 Å². The minimum atomic E-state index is 0.0748. The first-order chi connectivity index (χ1) is 11.8. The summed E-state index contributed by atoms with van der Waals surface area (Å²) in [6.45, 7) is 1.58. The summed E-state index contributed by atoms with van der Waals surface area (Å²) in [7, 11) is 1.66. The predicted octanol–water partition coefficient (Wildman–Crippen LogP) is 2.63. The van der Waals surface area contributed by atoms with E-state index in [0.29, 0.717) is 19.4 Å². The highest BCUT2D eigenvalue weighted by molar-refractivity contribution is 5.76. The van der Waals surface area contributed by atoms with Gasteiger partial charge in [-0.25, -0.2) is 0 Å². The number of ether oxygens (including phenoxy) is 1. The van der Waals surface area contributed by atoms with Crippen molar-refractivity contribution in [2.75, 3.05) is 20.2 Å². The van der Waals surface area contributed by atoms with E-state index in [9.17, 15) is 4.79 Å². The van der Waals surface area contributed by atoms with Crippen molar-refractivity contribution < 1.29 is 9.53 Å². The Morgan fingerprint density at radius 1 is 1.21 bits per heavy atom. The summed E-state index contributed by atoms with van der Waals surface area (Å²) in [4.78, 5) is 12.2. The number of benzene rings is 2. The Balaban J connectivity index is 1.52. The maximum absolute atomic E-state index is 12.2. The topological polar surface area (TPSA) is 50.4 Å². The first kappa shape index (κ1) is 16.5. The maximum atomic E-state index is 12.2. The van der Waals surface area contributed by atoms with Gasteiger partial charge in [0.05, 0.1) is 7.11 Å². The number of fused-ring (bicyclic) bond motifs is 1. The van der Waals surface area contributed by atoms with Crippen molar-refractivity contribution in [2.45, 2.75) is 25.3 Å². The number of hydrogen-bond acceptors (Lipinski definition) is 3. The number of para-hydroxylation sites is 1. The largest absolute Gasteiger partial charge is 0.496 e. The van der Waals surface area contributed by atoms with Crippen molar-refractivity contribution in [2.24, 2.45) is 0 Å². The molecule has 1 unspecified atom stereocenters. The number of amides is 1. The zero-order valence-electron chi connectivity index (χ0n) is 14.0. The molecule has 0 fully saturated rings. The first-order valence-electron chi connectivity index (χ1n) is 8.47. The van der Waals surface area contributed by atoms with E-state index in [4.69, 9.17) is 4.74 Å². The molecule has 126 valence electrons. The van der Waals surface area contributed by atoms with Crippen LogP contribution in [0.3, 0.4) is 0 Å². The minimum absolute atomic E-state index is 0.0748. The van der Waals surface area contributed by atoms with E-state index in [1.807, 2.05) is 24.3 Å². The second-order valence-electron chi connectivity index (χ2n) is 6.07. The molecule has 24 heavy (non-hydrogen) atoms. The van der Waals surface area contributed by atoms with Crippen LogP contribution in [0.25, 0.3) is 0 Å². The third-order valence-corrected chi connectivity index (χ3v) is 4.53. The van der Waals surface area contributed by atoms with Gasteiger partial charge >= 0.3 is 0 Å². The number of carbonyl (C=O) groups excluding carboxylic acids is 1. The van der Waals surface area contributed by atoms with Gasteiger partial charge in [-0.15, -0.1) is 0 Å². The van der Waals surface area contributed by atoms with Crippen LogP contribution in [0.15, 0.2) is 48.5 Å². The van der Waals surface area contributed by atoms with E-state index in [0.717, 1.165) is 24.3 Å². The molecule has 0 bridgehead atoms. The monoisotopic (exact) mass is 324 g/mol. The number of rotatable bonds is 6. The van der Waals surface area contributed by atoms with Crippen molar-refractivity contribution in [3.05, 3.63) is 65.2 Å². The first-order valence-corrected chi connectivity index (χ1v) is 8.47. The molecule has 1 amide bonds. The van der Waals surface area contributed by atoms with Crippen LogP contribution in [0.5, 0.6) is 5.75 Å². The van der Waals surface area contributed by atoms with Crippen molar-refractivity contribution >= 4 is 5.91 Å². The molecule has 1 atom stereocenters. The summed E-state index contributed by atoms with van der Waals surface area (Å²) in [6, 6.07) is 16.5. The second kappa shape index (κ2) is 7.97. The van der Waals surface area contributed by atoms with Gasteiger partial charge in [0.15, 0.2) is 0 Å². The fourth-order valence-corrected chi connectivity index (χ4v) is 3.24. The summed E-state index contributed by atoms with van der Waals surface area (Å²) in [5, 5.41) is 6.55. The van der Waals surface area contributed by atoms with Crippen LogP contribution >= 0.6 is 0 Å². The lowest BCUT2D eigenvalue weighted by atomic mass is 9.94. The number of nitrogens with one attached hydrogen (secondary N) is 2. The summed E-state index contributed by atoms with van der Waals surface area (Å²) in [5.41, 5.74) is 3.74. The lowest BCUT2D eigenvalue weighted by molar-refractivity contribution is -0.121. The predicted molar refractivity (Wildman–Crippen MR) is 95.2 cm³/mol. The van der Waals surface area contributed by atoms with Crippen LogP contribution in [0.2, 0.25) is 0 Å². The summed E-state index contributed by atoms with van der Waals surface area (Å²) >= 11 is 0. The fourth-order valence-electron chi connectivity index (χ4n) is 3.24. The Kier molecular flexibility index (Phi) is 5.49. The second-order valence-corrected chi connectivity index (χ2v) is 6.07. The van der Waals surface area contributed by atoms with E-state index < -0.39 is 0 Å². The van der Waals surface area contributed by atoms with Gasteiger partial charge in [-0.2, -0.15) is 0 Å². The molecule has 0 saturated heterocycles. The average Bonchev–Trinajstić information content (AvgIpc) is 2.64. The molecule has 2 N–H and O–H groups in total. The van der Waals surface area contributed by atoms with Crippen LogP contribution < -0.4 is 15.4 Å². The summed E-state index contributed by atoms with van der Waals surface area (Å²) in [6.07, 6.45) is 2.20. The van der Waals surface area contributed by atoms with Gasteiger partial charge in [0.1, 0.15) is 5.75 Å². The lowest BCUT2D eigenvalue weighted by Crippen LogP contribution is -2.38. The molecule has 4 nitrogen and oxygen atoms in total. The van der Waals surface area contributed by atoms with E-state index in [1.54, 1.807) is 7.11 Å². The highest BCUT2D eigenvalue weighted by Crippen LogP contribution is 2.22. The third kappa shape index (κ3) is 3.95. The summed E-state index contributed by atoms with van der Waals surface area (Å²) < 4.78 is 5.33. The molecule has 4 heteroatoms. The Hall–Kier alpha value is -2.33. The molecule has 3 rings (SSSR count). The van der Waals surface area contributed by atoms with Gasteiger partial charge in [0.2, 0.25) is 5.91 Å². The molecular formula is C20H24N2O2. The van der Waals surface area contributed by atoms with Crippen molar-refractivity contribution in [3.63, 3.8) is 0 Å². The van der Waals surface area contributed by atoms with E-state index in [1.165, 1.54) is 11.1 Å². The molecule has 2 aromatic carbocycles. The number of hydrogen-bond donors (Lipinski definition) is 2. The lowest BCUT2D eigenvalue weighted by Gasteiger charge is -2.27. The van der Waals surface area contributed by atoms with Crippen LogP contribution in [-0.2, 0) is 17.6 Å². The van der Waals surface area contributed by atoms with E-state index in [-0.39, 0.29) is 11.9 Å². The highest BCUT2D eigenvalue weighted by atomic mass is 16.5. The van der Waals surface area contributed by atoms with Gasteiger partial charge in [-0.05, 0) is 42.1 Å². The Morgan fingerprint density at radius 2 is 2.00 bits per heavy atom. The number of methoxy groups -OCH3 is 1. The Labute approximate surface area is 143 Å². The van der Waals surface area contributed by atoms with E-state index >= 15 is 0 Å². The third-order valence-electron chi connectivity index (χ3n) is 4.53. The quantitative estimate of drug-likeness (QED) is 0.859. The normalized spacial score (nSPS) is 16.3. The molecule has 0 spiro atoms. The number of aryl methyl sites for hydroxylation is 1. The molecule has 0 saturated carbocycles. The minimum Gasteiger partial charge on any atom is -0.496 e. The zero-order valence-corrected chi connectivity index (χ0v) is 14.0. The Bertz CT molecular complexity index is 700. The molecule has 2 aromatic rings. The van der Waals surface area contributed by atoms with Crippen LogP contribution in [0, 0.1) is 0 Å². The molecular weight excluding hydrogens is 300 g/mol. The smallest absolute Gasteiger partial charge is 0.220 e. The van der Waals surface area contributed by atoms with Gasteiger partial charge < -0.3 is 15.4 Å². The van der Waals surface area contributed by atoms with Crippen LogP contribution in [0.1, 0.15) is 29.2 Å². The van der Waals surface area contributed by atoms with Crippen molar-refractivity contribution in [1.82, 2.24) is 10.6 Å². The maximum Gasteiger partial charge on any atom is 0.220 e. The highest BCUT2D eigenvalue weighted by Gasteiger charge is 2.19. The SMILES string of the molecule is COc1ccccc1CCC(=O)NCC1NCCc2ccccc21. The van der Waals surface area contributed by atoms with Gasteiger partial charge in [0.25, 0.3) is 0 Å². The molecule has 1 aliphatic rings. The average molecular weight is 324 g/mol. The Morgan fingerprint density at radius 3 is 2.88 bits per heavy atom. The molecule has 1 heterocycles. The van der Waals surface area contributed by atoms with Crippen LogP contribution in [0.4, 0.5) is 0 Å².